The summed E-state index contributed by atoms with van der Waals surface area (Å²) in [5, 5.41) is 22.7. The maximum Gasteiger partial charge on any atom is 0.312 e. The highest BCUT2D eigenvalue weighted by atomic mass is 16.6. The van der Waals surface area contributed by atoms with Crippen LogP contribution in [0.2, 0.25) is 0 Å². The van der Waals surface area contributed by atoms with Crippen molar-refractivity contribution in [1.29, 1.82) is 0 Å². The molecule has 2 aromatic carbocycles. The first-order valence-corrected chi connectivity index (χ1v) is 6.39. The van der Waals surface area contributed by atoms with Crippen LogP contribution in [0.3, 0.4) is 0 Å². The molecule has 0 radical (unpaired) electrons. The number of rotatable bonds is 5. The first kappa shape index (κ1) is 15.5. The predicted octanol–water partition coefficient (Wildman–Crippen LogP) is 2.63. The topological polar surface area (TPSA) is 102 Å². The van der Waals surface area contributed by atoms with Gasteiger partial charge >= 0.3 is 5.69 Å². The van der Waals surface area contributed by atoms with Gasteiger partial charge in [0.2, 0.25) is 0 Å². The number of carbonyl (C=O) groups excluding carboxylic acids is 1. The normalized spacial score (nSPS) is 11.7. The molecule has 0 aromatic heterocycles. The number of phenols is 1. The van der Waals surface area contributed by atoms with Gasteiger partial charge in [0.05, 0.1) is 4.92 Å². The molecule has 0 aliphatic heterocycles. The molecule has 0 aliphatic carbocycles. The molecule has 1 amide bonds. The lowest BCUT2D eigenvalue weighted by Gasteiger charge is -2.15. The van der Waals surface area contributed by atoms with Crippen molar-refractivity contribution in [3.63, 3.8) is 0 Å². The molecule has 0 spiro atoms. The largest absolute Gasteiger partial charge is 0.502 e. The van der Waals surface area contributed by atoms with Crippen molar-refractivity contribution < 1.29 is 19.6 Å². The van der Waals surface area contributed by atoms with Gasteiger partial charge in [-0.05, 0) is 17.7 Å². The van der Waals surface area contributed by atoms with Crippen LogP contribution in [-0.2, 0) is 9.53 Å². The van der Waals surface area contributed by atoms with Gasteiger partial charge in [-0.15, -0.1) is 0 Å². The third-order valence-electron chi connectivity index (χ3n) is 3.02. The van der Waals surface area contributed by atoms with E-state index in [9.17, 15) is 20.0 Å². The molecule has 2 N–H and O–H groups in total. The zero-order valence-electron chi connectivity index (χ0n) is 11.7. The summed E-state index contributed by atoms with van der Waals surface area (Å²) in [6, 6.07) is 12.5. The quantitative estimate of drug-likeness (QED) is 0.502. The molecule has 0 unspecified atom stereocenters. The van der Waals surface area contributed by atoms with Crippen molar-refractivity contribution >= 4 is 17.3 Å². The lowest BCUT2D eigenvalue weighted by molar-refractivity contribution is -0.385. The molecule has 2 rings (SSSR count). The fourth-order valence-corrected chi connectivity index (χ4v) is 1.98. The van der Waals surface area contributed by atoms with Crippen molar-refractivity contribution in [1.82, 2.24) is 0 Å². The van der Waals surface area contributed by atoms with Crippen LogP contribution in [0.1, 0.15) is 11.7 Å². The second-order valence-electron chi connectivity index (χ2n) is 4.48. The molecular weight excluding hydrogens is 288 g/mol. The molecule has 0 heterocycles. The Kier molecular flexibility index (Phi) is 4.70. The fourth-order valence-electron chi connectivity index (χ4n) is 1.98. The van der Waals surface area contributed by atoms with Crippen molar-refractivity contribution in [2.24, 2.45) is 0 Å². The van der Waals surface area contributed by atoms with E-state index in [-0.39, 0.29) is 5.69 Å². The summed E-state index contributed by atoms with van der Waals surface area (Å²) in [5.41, 5.74) is 0.384. The Labute approximate surface area is 126 Å². The molecule has 0 aliphatic rings. The minimum Gasteiger partial charge on any atom is -0.502 e. The Morgan fingerprint density at radius 1 is 1.27 bits per heavy atom. The van der Waals surface area contributed by atoms with Gasteiger partial charge in [0.1, 0.15) is 0 Å². The highest BCUT2D eigenvalue weighted by molar-refractivity contribution is 5.95. The number of anilines is 1. The van der Waals surface area contributed by atoms with E-state index in [1.54, 1.807) is 24.3 Å². The average Bonchev–Trinajstić information content (AvgIpc) is 2.51. The number of nitro benzene ring substituents is 1. The van der Waals surface area contributed by atoms with Crippen LogP contribution >= 0.6 is 0 Å². The number of phenolic OH excluding ortho intramolecular Hbond substituents is 1. The Morgan fingerprint density at radius 3 is 2.55 bits per heavy atom. The van der Waals surface area contributed by atoms with Gasteiger partial charge in [-0.25, -0.2) is 0 Å². The van der Waals surface area contributed by atoms with E-state index in [0.29, 0.717) is 5.56 Å². The zero-order valence-corrected chi connectivity index (χ0v) is 11.7. The number of amides is 1. The second kappa shape index (κ2) is 6.68. The molecule has 7 nitrogen and oxygen atoms in total. The molecule has 22 heavy (non-hydrogen) atoms. The number of carbonyl (C=O) groups is 1. The Morgan fingerprint density at radius 2 is 1.95 bits per heavy atom. The van der Waals surface area contributed by atoms with E-state index >= 15 is 0 Å². The smallest absolute Gasteiger partial charge is 0.312 e. The summed E-state index contributed by atoms with van der Waals surface area (Å²) in [5.74, 6) is -0.928. The van der Waals surface area contributed by atoms with E-state index < -0.39 is 28.4 Å². The number of hydrogen-bond donors (Lipinski definition) is 2. The Bertz CT molecular complexity index is 688. The number of benzene rings is 2. The SMILES string of the molecule is CO[C@@H](C(=O)Nc1ccc(O)c([N+](=O)[O-])c1)c1ccccc1. The van der Waals surface area contributed by atoms with Gasteiger partial charge in [-0.1, -0.05) is 30.3 Å². The van der Waals surface area contributed by atoms with Crippen LogP contribution in [0.15, 0.2) is 48.5 Å². The highest BCUT2D eigenvalue weighted by Crippen LogP contribution is 2.29. The maximum absolute atomic E-state index is 12.2. The molecule has 114 valence electrons. The number of hydrogen-bond acceptors (Lipinski definition) is 5. The minimum absolute atomic E-state index is 0.201. The molecular formula is C15H14N2O5. The molecule has 2 aromatic rings. The number of nitrogens with one attached hydrogen (secondary N) is 1. The van der Waals surface area contributed by atoms with Crippen molar-refractivity contribution in [3.05, 3.63) is 64.2 Å². The van der Waals surface area contributed by atoms with E-state index in [2.05, 4.69) is 5.32 Å². The van der Waals surface area contributed by atoms with Crippen molar-refractivity contribution in [3.8, 4) is 5.75 Å². The van der Waals surface area contributed by atoms with Gasteiger partial charge in [0, 0.05) is 18.9 Å². The lowest BCUT2D eigenvalue weighted by Crippen LogP contribution is -2.22. The van der Waals surface area contributed by atoms with Crippen molar-refractivity contribution in [2.45, 2.75) is 6.10 Å². The van der Waals surface area contributed by atoms with Crippen LogP contribution in [0.4, 0.5) is 11.4 Å². The average molecular weight is 302 g/mol. The number of nitro groups is 1. The molecule has 0 saturated carbocycles. The van der Waals surface area contributed by atoms with E-state index in [1.807, 2.05) is 6.07 Å². The summed E-state index contributed by atoms with van der Waals surface area (Å²) in [6.07, 6.45) is -0.839. The van der Waals surface area contributed by atoms with Gasteiger partial charge in [0.15, 0.2) is 11.9 Å². The molecule has 0 fully saturated rings. The first-order valence-electron chi connectivity index (χ1n) is 6.39. The molecule has 0 bridgehead atoms. The summed E-state index contributed by atoms with van der Waals surface area (Å²) < 4.78 is 5.18. The second-order valence-corrected chi connectivity index (χ2v) is 4.48. The third-order valence-corrected chi connectivity index (χ3v) is 3.02. The summed E-state index contributed by atoms with van der Waals surface area (Å²) in [6.45, 7) is 0. The lowest BCUT2D eigenvalue weighted by atomic mass is 10.1. The van der Waals surface area contributed by atoms with Gasteiger partial charge in [0.25, 0.3) is 5.91 Å². The number of aromatic hydroxyl groups is 1. The van der Waals surface area contributed by atoms with Crippen molar-refractivity contribution in [2.75, 3.05) is 12.4 Å². The third kappa shape index (κ3) is 3.39. The Hall–Kier alpha value is -2.93. The standard InChI is InChI=1S/C15H14N2O5/c1-22-14(10-5-3-2-4-6-10)15(19)16-11-7-8-13(18)12(9-11)17(20)21/h2-9,14,18H,1H3,(H,16,19)/t14-/m1/s1. The van der Waals surface area contributed by atoms with E-state index in [1.165, 1.54) is 13.2 Å². The van der Waals surface area contributed by atoms with Crippen LogP contribution < -0.4 is 5.32 Å². The number of ether oxygens (including phenoxy) is 1. The zero-order chi connectivity index (χ0) is 16.1. The van der Waals surface area contributed by atoms with Crippen LogP contribution in [0, 0.1) is 10.1 Å². The Balaban J connectivity index is 2.21. The predicted molar refractivity (Wildman–Crippen MR) is 79.6 cm³/mol. The maximum atomic E-state index is 12.2. The number of methoxy groups -OCH3 is 1. The van der Waals surface area contributed by atoms with Crippen LogP contribution in [0.25, 0.3) is 0 Å². The van der Waals surface area contributed by atoms with E-state index in [0.717, 1.165) is 12.1 Å². The van der Waals surface area contributed by atoms with E-state index in [4.69, 9.17) is 4.74 Å². The summed E-state index contributed by atoms with van der Waals surface area (Å²) in [4.78, 5) is 22.3. The summed E-state index contributed by atoms with van der Waals surface area (Å²) >= 11 is 0. The van der Waals surface area contributed by atoms with Gasteiger partial charge < -0.3 is 15.2 Å². The molecule has 7 heteroatoms. The monoisotopic (exact) mass is 302 g/mol. The van der Waals surface area contributed by atoms with Gasteiger partial charge in [-0.3, -0.25) is 14.9 Å². The summed E-state index contributed by atoms with van der Waals surface area (Å²) in [7, 11) is 1.40. The van der Waals surface area contributed by atoms with Crippen LogP contribution in [-0.4, -0.2) is 23.0 Å². The fraction of sp³-hybridized carbons (Fsp3) is 0.133. The highest BCUT2D eigenvalue weighted by Gasteiger charge is 2.21. The molecule has 0 saturated heterocycles. The minimum atomic E-state index is -0.839. The van der Waals surface area contributed by atoms with Gasteiger partial charge in [-0.2, -0.15) is 0 Å². The molecule has 1 atom stereocenters. The first-order chi connectivity index (χ1) is 10.5. The van der Waals surface area contributed by atoms with Crippen LogP contribution in [0.5, 0.6) is 5.75 Å². The number of nitrogens with zero attached hydrogens (tertiary/aromatic N) is 1.